The van der Waals surface area contributed by atoms with Gasteiger partial charge in [0.1, 0.15) is 5.75 Å². The first-order valence-corrected chi connectivity index (χ1v) is 11.8. The van der Waals surface area contributed by atoms with Gasteiger partial charge < -0.3 is 9.84 Å². The number of aryl methyl sites for hydroxylation is 1. The number of fused-ring (bicyclic) bond motifs is 1. The number of rotatable bonds is 3. The van der Waals surface area contributed by atoms with Crippen LogP contribution in [0.3, 0.4) is 0 Å². The lowest BCUT2D eigenvalue weighted by molar-refractivity contribution is 0.0397. The topological polar surface area (TPSA) is 63.6 Å². The molecule has 0 amide bonds. The molecule has 0 unspecified atom stereocenters. The fourth-order valence-electron chi connectivity index (χ4n) is 4.68. The number of halogens is 1. The fraction of sp³-hybridized carbons (Fsp3) is 0.310. The van der Waals surface area contributed by atoms with Crippen LogP contribution in [0.4, 0.5) is 0 Å². The van der Waals surface area contributed by atoms with E-state index in [0.717, 1.165) is 24.0 Å². The number of phenolic OH excluding ortho intramolecular Hbond substituents is 1. The lowest BCUT2D eigenvalue weighted by atomic mass is 9.62. The number of benzene rings is 3. The van der Waals surface area contributed by atoms with Crippen molar-refractivity contribution in [1.82, 2.24) is 0 Å². The summed E-state index contributed by atoms with van der Waals surface area (Å²) in [5, 5.41) is 11.2. The second-order valence-electron chi connectivity index (χ2n) is 10.4. The first kappa shape index (κ1) is 24.0. The Kier molecular flexibility index (Phi) is 6.07. The largest absolute Gasteiger partial charge is 0.507 e. The van der Waals surface area contributed by atoms with Gasteiger partial charge in [0, 0.05) is 16.1 Å². The number of carbonyl (C=O) groups is 2. The van der Waals surface area contributed by atoms with E-state index in [0.29, 0.717) is 21.7 Å². The third-order valence-electron chi connectivity index (χ3n) is 7.01. The Morgan fingerprint density at radius 3 is 2.09 bits per heavy atom. The Labute approximate surface area is 205 Å². The molecule has 1 aliphatic carbocycles. The Bertz CT molecular complexity index is 1300. The van der Waals surface area contributed by atoms with Crippen LogP contribution in [0, 0.1) is 6.92 Å². The van der Waals surface area contributed by atoms with E-state index in [1.807, 2.05) is 18.2 Å². The molecular formula is C29H29ClO4. The van der Waals surface area contributed by atoms with Gasteiger partial charge in [-0.1, -0.05) is 63.6 Å². The van der Waals surface area contributed by atoms with Gasteiger partial charge in [0.25, 0.3) is 0 Å². The quantitative estimate of drug-likeness (QED) is 0.316. The Morgan fingerprint density at radius 2 is 1.47 bits per heavy atom. The third-order valence-corrected chi connectivity index (χ3v) is 7.33. The van der Waals surface area contributed by atoms with Crippen LogP contribution >= 0.6 is 11.6 Å². The maximum atomic E-state index is 12.6. The zero-order valence-corrected chi connectivity index (χ0v) is 20.9. The minimum absolute atomic E-state index is 0.0259. The molecule has 3 aromatic carbocycles. The number of phenols is 1. The molecule has 0 bridgehead atoms. The monoisotopic (exact) mass is 476 g/mol. The maximum Gasteiger partial charge on any atom is 0.346 e. The molecule has 34 heavy (non-hydrogen) atoms. The lowest BCUT2D eigenvalue weighted by Crippen LogP contribution is -2.33. The van der Waals surface area contributed by atoms with Crippen LogP contribution in [-0.2, 0) is 15.6 Å². The average Bonchev–Trinajstić information content (AvgIpc) is 2.77. The average molecular weight is 477 g/mol. The Hall–Kier alpha value is -3.11. The van der Waals surface area contributed by atoms with Crippen molar-refractivity contribution in [3.63, 3.8) is 0 Å². The molecule has 0 radical (unpaired) electrons. The minimum atomic E-state index is -0.778. The van der Waals surface area contributed by atoms with E-state index in [2.05, 4.69) is 27.7 Å². The van der Waals surface area contributed by atoms with Gasteiger partial charge in [-0.3, -0.25) is 0 Å². The molecule has 1 N–H and O–H groups in total. The van der Waals surface area contributed by atoms with Crippen LogP contribution in [0.1, 0.15) is 77.9 Å². The molecule has 176 valence electrons. The van der Waals surface area contributed by atoms with Crippen molar-refractivity contribution >= 4 is 23.5 Å². The van der Waals surface area contributed by atoms with Crippen molar-refractivity contribution in [2.45, 2.75) is 58.3 Å². The zero-order valence-electron chi connectivity index (χ0n) is 20.2. The molecule has 0 spiro atoms. The smallest absolute Gasteiger partial charge is 0.346 e. The number of esters is 2. The lowest BCUT2D eigenvalue weighted by Gasteiger charge is -2.42. The maximum absolute atomic E-state index is 12.6. The summed E-state index contributed by atoms with van der Waals surface area (Å²) in [5.74, 6) is -1.34. The number of carbonyl (C=O) groups excluding carboxylic acids is 2. The number of hydrogen-bond acceptors (Lipinski definition) is 4. The summed E-state index contributed by atoms with van der Waals surface area (Å²) in [5.41, 5.74) is 4.74. The molecule has 0 saturated heterocycles. The Morgan fingerprint density at radius 1 is 0.853 bits per heavy atom. The SMILES string of the molecule is Cc1ccccc1C(=O)OC(=O)c1ccc(-c2cc3c(cc2O)C(C)(C)CCC3(C)C)c(Cl)c1. The zero-order chi connectivity index (χ0) is 24.8. The molecule has 0 fully saturated rings. The molecule has 3 aromatic rings. The highest BCUT2D eigenvalue weighted by molar-refractivity contribution is 6.33. The number of hydrogen-bond donors (Lipinski definition) is 1. The van der Waals surface area contributed by atoms with E-state index in [9.17, 15) is 14.7 Å². The van der Waals surface area contributed by atoms with Crippen LogP contribution in [0.2, 0.25) is 5.02 Å². The van der Waals surface area contributed by atoms with E-state index in [1.165, 1.54) is 11.6 Å². The van der Waals surface area contributed by atoms with Gasteiger partial charge in [0.05, 0.1) is 11.1 Å². The second-order valence-corrected chi connectivity index (χ2v) is 10.8. The van der Waals surface area contributed by atoms with Crippen molar-refractivity contribution in [3.8, 4) is 16.9 Å². The van der Waals surface area contributed by atoms with E-state index in [4.69, 9.17) is 16.3 Å². The van der Waals surface area contributed by atoms with Gasteiger partial charge in [-0.05, 0) is 77.6 Å². The molecule has 0 saturated carbocycles. The van der Waals surface area contributed by atoms with Crippen molar-refractivity contribution in [3.05, 3.63) is 87.4 Å². The molecule has 4 nitrogen and oxygen atoms in total. The van der Waals surface area contributed by atoms with Gasteiger partial charge in [-0.25, -0.2) is 9.59 Å². The molecular weight excluding hydrogens is 448 g/mol. The van der Waals surface area contributed by atoms with Gasteiger partial charge in [0.15, 0.2) is 0 Å². The number of ether oxygens (including phenoxy) is 1. The molecule has 1 aliphatic rings. The van der Waals surface area contributed by atoms with Crippen molar-refractivity contribution in [2.75, 3.05) is 0 Å². The van der Waals surface area contributed by atoms with Gasteiger partial charge in [-0.15, -0.1) is 0 Å². The van der Waals surface area contributed by atoms with Crippen molar-refractivity contribution in [1.29, 1.82) is 0 Å². The molecule has 0 heterocycles. The highest BCUT2D eigenvalue weighted by Gasteiger charge is 2.38. The van der Waals surface area contributed by atoms with Crippen LogP contribution in [0.5, 0.6) is 5.75 Å². The van der Waals surface area contributed by atoms with Gasteiger partial charge in [0.2, 0.25) is 0 Å². The molecule has 4 rings (SSSR count). The van der Waals surface area contributed by atoms with Gasteiger partial charge >= 0.3 is 11.9 Å². The van der Waals surface area contributed by atoms with Crippen molar-refractivity contribution in [2.24, 2.45) is 0 Å². The third kappa shape index (κ3) is 4.35. The summed E-state index contributed by atoms with van der Waals surface area (Å²) in [4.78, 5) is 25.0. The molecule has 0 atom stereocenters. The first-order valence-electron chi connectivity index (χ1n) is 11.4. The predicted octanol–water partition coefficient (Wildman–Crippen LogP) is 7.37. The summed E-state index contributed by atoms with van der Waals surface area (Å²) >= 11 is 6.57. The summed E-state index contributed by atoms with van der Waals surface area (Å²) in [6, 6.07) is 15.5. The standard InChI is InChI=1S/C29H29ClO4/c1-17-8-6-7-9-19(17)27(33)34-26(32)18-10-11-20(24(30)14-18)21-15-22-23(16-25(21)31)29(4,5)13-12-28(22,2)3/h6-11,14-16,31H,12-13H2,1-5H3. The fourth-order valence-corrected chi connectivity index (χ4v) is 4.96. The highest BCUT2D eigenvalue weighted by atomic mass is 35.5. The van der Waals surface area contributed by atoms with Crippen LogP contribution in [0.15, 0.2) is 54.6 Å². The second kappa shape index (κ2) is 8.59. The van der Waals surface area contributed by atoms with Crippen molar-refractivity contribution < 1.29 is 19.4 Å². The normalized spacial score (nSPS) is 15.9. The van der Waals surface area contributed by atoms with Gasteiger partial charge in [-0.2, -0.15) is 0 Å². The van der Waals surface area contributed by atoms with Crippen LogP contribution < -0.4 is 0 Å². The van der Waals surface area contributed by atoms with Crippen LogP contribution in [-0.4, -0.2) is 17.0 Å². The Balaban J connectivity index is 1.66. The van der Waals surface area contributed by atoms with E-state index >= 15 is 0 Å². The summed E-state index contributed by atoms with van der Waals surface area (Å²) in [6.45, 7) is 10.6. The van der Waals surface area contributed by atoms with Crippen LogP contribution in [0.25, 0.3) is 11.1 Å². The summed E-state index contributed by atoms with van der Waals surface area (Å²) in [6.07, 6.45) is 2.09. The minimum Gasteiger partial charge on any atom is -0.507 e. The van der Waals surface area contributed by atoms with E-state index in [-0.39, 0.29) is 22.1 Å². The summed E-state index contributed by atoms with van der Waals surface area (Å²) in [7, 11) is 0. The number of aromatic hydroxyl groups is 1. The van der Waals surface area contributed by atoms with E-state index < -0.39 is 11.9 Å². The molecule has 0 aliphatic heterocycles. The molecule has 5 heteroatoms. The first-order chi connectivity index (χ1) is 15.9. The molecule has 0 aromatic heterocycles. The van der Waals surface area contributed by atoms with E-state index in [1.54, 1.807) is 37.3 Å². The highest BCUT2D eigenvalue weighted by Crippen LogP contribution is 2.49. The summed E-state index contributed by atoms with van der Waals surface area (Å²) < 4.78 is 5.07. The predicted molar refractivity (Wildman–Crippen MR) is 135 cm³/mol.